The van der Waals surface area contributed by atoms with Crippen LogP contribution >= 0.6 is 11.8 Å². The first-order chi connectivity index (χ1) is 17.2. The minimum Gasteiger partial charge on any atom is -0.455 e. The van der Waals surface area contributed by atoms with Crippen molar-refractivity contribution < 1.29 is 14.3 Å². The maximum atomic E-state index is 13.2. The Morgan fingerprint density at radius 1 is 0.800 bits per heavy atom. The topological polar surface area (TPSA) is 67.4 Å². The van der Waals surface area contributed by atoms with Crippen LogP contribution in [-0.4, -0.2) is 23.6 Å². The second-order valence-corrected chi connectivity index (χ2v) is 9.78. The number of hydrogen-bond donors (Lipinski definition) is 2. The molecule has 0 bridgehead atoms. The smallest absolute Gasteiger partial charge is 0.256 e. The highest BCUT2D eigenvalue weighted by atomic mass is 32.2. The van der Waals surface area contributed by atoms with Gasteiger partial charge in [-0.15, -0.1) is 11.8 Å². The lowest BCUT2D eigenvalue weighted by molar-refractivity contribution is -0.119. The summed E-state index contributed by atoms with van der Waals surface area (Å²) in [6.45, 7) is 0. The molecule has 0 unspecified atom stereocenters. The number of ether oxygens (including phenoxy) is 1. The number of benzene rings is 3. The minimum atomic E-state index is -0.238. The highest BCUT2D eigenvalue weighted by Crippen LogP contribution is 2.30. The van der Waals surface area contributed by atoms with Gasteiger partial charge in [-0.2, -0.15) is 0 Å². The summed E-state index contributed by atoms with van der Waals surface area (Å²) in [5, 5.41) is 6.18. The van der Waals surface area contributed by atoms with Gasteiger partial charge in [0.2, 0.25) is 5.91 Å². The van der Waals surface area contributed by atoms with Crippen molar-refractivity contribution >= 4 is 29.3 Å². The summed E-state index contributed by atoms with van der Waals surface area (Å²) in [7, 11) is 0. The SMILES string of the molecule is O=C(CSc1ccccc1C(=O)Nc1ccccc1Oc1ccccc1)NC1CCCCCCC1. The maximum absolute atomic E-state index is 13.2. The predicted octanol–water partition coefficient (Wildman–Crippen LogP) is 7.05. The largest absolute Gasteiger partial charge is 0.455 e. The first-order valence-electron chi connectivity index (χ1n) is 12.3. The maximum Gasteiger partial charge on any atom is 0.256 e. The van der Waals surface area contributed by atoms with Crippen LogP contribution in [0.25, 0.3) is 0 Å². The number of rotatable bonds is 8. The molecule has 4 rings (SSSR count). The van der Waals surface area contributed by atoms with E-state index >= 15 is 0 Å². The zero-order valence-electron chi connectivity index (χ0n) is 19.9. The first kappa shape index (κ1) is 24.9. The van der Waals surface area contributed by atoms with Crippen LogP contribution in [0.1, 0.15) is 55.3 Å². The number of nitrogens with one attached hydrogen (secondary N) is 2. The predicted molar refractivity (Wildman–Crippen MR) is 142 cm³/mol. The lowest BCUT2D eigenvalue weighted by atomic mass is 9.97. The Balaban J connectivity index is 1.38. The van der Waals surface area contributed by atoms with Gasteiger partial charge >= 0.3 is 0 Å². The van der Waals surface area contributed by atoms with Crippen molar-refractivity contribution in [2.75, 3.05) is 11.1 Å². The van der Waals surface area contributed by atoms with Crippen molar-refractivity contribution in [3.05, 3.63) is 84.4 Å². The van der Waals surface area contributed by atoms with Crippen LogP contribution in [0.5, 0.6) is 11.5 Å². The third kappa shape index (κ3) is 7.62. The van der Waals surface area contributed by atoms with Crippen molar-refractivity contribution in [2.24, 2.45) is 0 Å². The van der Waals surface area contributed by atoms with Gasteiger partial charge in [0, 0.05) is 10.9 Å². The van der Waals surface area contributed by atoms with E-state index in [-0.39, 0.29) is 23.6 Å². The van der Waals surface area contributed by atoms with Gasteiger partial charge in [-0.1, -0.05) is 74.6 Å². The highest BCUT2D eigenvalue weighted by Gasteiger charge is 2.17. The Labute approximate surface area is 211 Å². The van der Waals surface area contributed by atoms with Gasteiger partial charge in [0.1, 0.15) is 5.75 Å². The molecule has 35 heavy (non-hydrogen) atoms. The Hall–Kier alpha value is -3.25. The fourth-order valence-corrected chi connectivity index (χ4v) is 5.12. The average molecular weight is 489 g/mol. The number of thioether (sulfide) groups is 1. The van der Waals surface area contributed by atoms with Crippen LogP contribution in [-0.2, 0) is 4.79 Å². The number of hydrogen-bond acceptors (Lipinski definition) is 4. The third-order valence-corrected chi connectivity index (χ3v) is 7.14. The molecular formula is C29H32N2O3S. The molecule has 0 atom stereocenters. The van der Waals surface area contributed by atoms with E-state index < -0.39 is 0 Å². The molecule has 5 nitrogen and oxygen atoms in total. The molecule has 3 aromatic carbocycles. The highest BCUT2D eigenvalue weighted by molar-refractivity contribution is 8.00. The first-order valence-corrected chi connectivity index (χ1v) is 13.3. The molecule has 0 saturated heterocycles. The fourth-order valence-electron chi connectivity index (χ4n) is 4.26. The van der Waals surface area contributed by atoms with Crippen LogP contribution in [0.2, 0.25) is 0 Å². The summed E-state index contributed by atoms with van der Waals surface area (Å²) < 4.78 is 5.97. The number of carbonyl (C=O) groups is 2. The van der Waals surface area contributed by atoms with Crippen molar-refractivity contribution in [3.63, 3.8) is 0 Å². The molecule has 1 fully saturated rings. The van der Waals surface area contributed by atoms with Crippen molar-refractivity contribution in [1.82, 2.24) is 5.32 Å². The molecule has 2 N–H and O–H groups in total. The van der Waals surface area contributed by atoms with Crippen LogP contribution in [0.3, 0.4) is 0 Å². The van der Waals surface area contributed by atoms with Gasteiger partial charge < -0.3 is 15.4 Å². The van der Waals surface area contributed by atoms with Crippen LogP contribution in [0, 0.1) is 0 Å². The molecule has 2 amide bonds. The Morgan fingerprint density at radius 2 is 1.46 bits per heavy atom. The molecule has 1 aliphatic rings. The molecule has 3 aromatic rings. The van der Waals surface area contributed by atoms with E-state index in [0.717, 1.165) is 17.7 Å². The van der Waals surface area contributed by atoms with Gasteiger partial charge in [-0.05, 0) is 49.2 Å². The van der Waals surface area contributed by atoms with Gasteiger partial charge in [0.25, 0.3) is 5.91 Å². The Kier molecular flexibility index (Phi) is 9.24. The third-order valence-electron chi connectivity index (χ3n) is 6.07. The lowest BCUT2D eigenvalue weighted by Crippen LogP contribution is -2.36. The molecule has 182 valence electrons. The van der Waals surface area contributed by atoms with E-state index in [1.807, 2.05) is 72.8 Å². The molecular weight excluding hydrogens is 456 g/mol. The zero-order chi connectivity index (χ0) is 24.3. The van der Waals surface area contributed by atoms with E-state index in [1.165, 1.54) is 43.9 Å². The zero-order valence-corrected chi connectivity index (χ0v) is 20.7. The summed E-state index contributed by atoms with van der Waals surface area (Å²) in [5.41, 5.74) is 1.12. The second-order valence-electron chi connectivity index (χ2n) is 8.76. The van der Waals surface area contributed by atoms with Crippen molar-refractivity contribution in [2.45, 2.75) is 55.9 Å². The molecule has 1 saturated carbocycles. The molecule has 0 spiro atoms. The van der Waals surface area contributed by atoms with E-state index in [4.69, 9.17) is 4.74 Å². The fraction of sp³-hybridized carbons (Fsp3) is 0.310. The summed E-state index contributed by atoms with van der Waals surface area (Å²) >= 11 is 1.39. The van der Waals surface area contributed by atoms with E-state index in [0.29, 0.717) is 22.7 Å². The van der Waals surface area contributed by atoms with Crippen LogP contribution in [0.15, 0.2) is 83.8 Å². The van der Waals surface area contributed by atoms with Gasteiger partial charge in [0.05, 0.1) is 17.0 Å². The monoisotopic (exact) mass is 488 g/mol. The van der Waals surface area contributed by atoms with Gasteiger partial charge in [0.15, 0.2) is 5.75 Å². The molecule has 6 heteroatoms. The quantitative estimate of drug-likeness (QED) is 0.333. The Bertz CT molecular complexity index is 1110. The summed E-state index contributed by atoms with van der Waals surface area (Å²) in [6, 6.07) is 24.5. The number of amides is 2. The van der Waals surface area contributed by atoms with Gasteiger partial charge in [-0.25, -0.2) is 0 Å². The average Bonchev–Trinajstić information content (AvgIpc) is 2.86. The Morgan fingerprint density at radius 3 is 2.26 bits per heavy atom. The van der Waals surface area contributed by atoms with E-state index in [9.17, 15) is 9.59 Å². The number of carbonyl (C=O) groups excluding carboxylic acids is 2. The molecule has 1 aliphatic carbocycles. The van der Waals surface area contributed by atoms with E-state index in [2.05, 4.69) is 10.6 Å². The minimum absolute atomic E-state index is 0.0254. The summed E-state index contributed by atoms with van der Waals surface area (Å²) in [4.78, 5) is 26.6. The molecule has 0 heterocycles. The normalized spacial score (nSPS) is 14.4. The van der Waals surface area contributed by atoms with E-state index in [1.54, 1.807) is 6.07 Å². The molecule has 0 radical (unpaired) electrons. The lowest BCUT2D eigenvalue weighted by Gasteiger charge is -2.21. The number of anilines is 1. The number of para-hydroxylation sites is 3. The van der Waals surface area contributed by atoms with Crippen LogP contribution in [0.4, 0.5) is 5.69 Å². The van der Waals surface area contributed by atoms with Crippen molar-refractivity contribution in [1.29, 1.82) is 0 Å². The summed E-state index contributed by atoms with van der Waals surface area (Å²) in [5.74, 6) is 1.33. The van der Waals surface area contributed by atoms with Crippen LogP contribution < -0.4 is 15.4 Å². The summed E-state index contributed by atoms with van der Waals surface area (Å²) in [6.07, 6.45) is 8.28. The van der Waals surface area contributed by atoms with Gasteiger partial charge in [-0.3, -0.25) is 9.59 Å². The molecule has 0 aromatic heterocycles. The van der Waals surface area contributed by atoms with Crippen molar-refractivity contribution in [3.8, 4) is 11.5 Å². The second kappa shape index (κ2) is 13.0. The molecule has 0 aliphatic heterocycles. The standard InChI is InChI=1S/C29H32N2O3S/c32-28(30-22-13-5-2-1-3-6-14-22)21-35-27-20-12-9-17-24(27)29(33)31-25-18-10-11-19-26(25)34-23-15-7-4-8-16-23/h4,7-12,15-20,22H,1-3,5-6,13-14,21H2,(H,30,32)(H,31,33).